The minimum absolute atomic E-state index is 0.474. The van der Waals surface area contributed by atoms with Crippen LogP contribution < -0.4 is 4.74 Å². The summed E-state index contributed by atoms with van der Waals surface area (Å²) in [5, 5.41) is 9.20. The maximum atomic E-state index is 11.2. The van der Waals surface area contributed by atoms with Gasteiger partial charge in [-0.05, 0) is 43.8 Å². The molecule has 0 bridgehead atoms. The molecule has 0 fully saturated rings. The molecule has 0 aliphatic rings. The molecule has 2 rings (SSSR count). The van der Waals surface area contributed by atoms with Crippen LogP contribution in [0.25, 0.3) is 0 Å². The molecule has 1 unspecified atom stereocenters. The number of hydrogen-bond acceptors (Lipinski definition) is 3. The Morgan fingerprint density at radius 2 is 1.68 bits per heavy atom. The van der Waals surface area contributed by atoms with Gasteiger partial charge in [-0.3, -0.25) is 9.69 Å². The number of rotatable bonds is 7. The zero-order valence-electron chi connectivity index (χ0n) is 12.9. The van der Waals surface area contributed by atoms with Crippen molar-refractivity contribution in [3.8, 4) is 5.75 Å². The Morgan fingerprint density at radius 3 is 2.23 bits per heavy atom. The zero-order valence-corrected chi connectivity index (χ0v) is 12.9. The summed E-state index contributed by atoms with van der Waals surface area (Å²) in [6.07, 6.45) is 0.474. The predicted octanol–water partition coefficient (Wildman–Crippen LogP) is 2.82. The number of nitrogens with zero attached hydrogens (tertiary/aromatic N) is 1. The van der Waals surface area contributed by atoms with Gasteiger partial charge in [0.15, 0.2) is 0 Å². The Hall–Kier alpha value is -2.33. The van der Waals surface area contributed by atoms with Gasteiger partial charge in [-0.15, -0.1) is 0 Å². The molecule has 4 heteroatoms. The smallest absolute Gasteiger partial charge is 0.321 e. The van der Waals surface area contributed by atoms with Crippen molar-refractivity contribution in [2.24, 2.45) is 0 Å². The van der Waals surface area contributed by atoms with E-state index in [0.29, 0.717) is 13.0 Å². The van der Waals surface area contributed by atoms with Gasteiger partial charge in [-0.2, -0.15) is 0 Å². The Labute approximate surface area is 131 Å². The van der Waals surface area contributed by atoms with E-state index in [0.717, 1.165) is 16.9 Å². The van der Waals surface area contributed by atoms with E-state index in [1.54, 1.807) is 19.0 Å². The van der Waals surface area contributed by atoms with Crippen molar-refractivity contribution < 1.29 is 14.6 Å². The van der Waals surface area contributed by atoms with Crippen LogP contribution in [0.15, 0.2) is 54.6 Å². The third kappa shape index (κ3) is 4.60. The second-order valence-electron chi connectivity index (χ2n) is 5.44. The number of hydrogen-bond donors (Lipinski definition) is 1. The first-order valence-electron chi connectivity index (χ1n) is 7.21. The van der Waals surface area contributed by atoms with E-state index in [4.69, 9.17) is 4.74 Å². The van der Waals surface area contributed by atoms with Gasteiger partial charge in [0.1, 0.15) is 18.4 Å². The normalized spacial score (nSPS) is 12.1. The molecule has 0 saturated carbocycles. The van der Waals surface area contributed by atoms with E-state index in [1.807, 2.05) is 54.6 Å². The minimum atomic E-state index is -0.811. The van der Waals surface area contributed by atoms with Crippen LogP contribution >= 0.6 is 0 Å². The van der Waals surface area contributed by atoms with Gasteiger partial charge in [0.05, 0.1) is 0 Å². The van der Waals surface area contributed by atoms with Crippen LogP contribution in [-0.4, -0.2) is 36.1 Å². The van der Waals surface area contributed by atoms with Crippen molar-refractivity contribution in [2.75, 3.05) is 14.1 Å². The quantitative estimate of drug-likeness (QED) is 0.854. The van der Waals surface area contributed by atoms with Crippen molar-refractivity contribution in [1.82, 2.24) is 4.90 Å². The molecular formula is C18H21NO3. The maximum Gasteiger partial charge on any atom is 0.321 e. The zero-order chi connectivity index (χ0) is 15.9. The topological polar surface area (TPSA) is 49.8 Å². The van der Waals surface area contributed by atoms with Gasteiger partial charge in [-0.25, -0.2) is 0 Å². The van der Waals surface area contributed by atoms with Crippen LogP contribution in [0.2, 0.25) is 0 Å². The molecule has 0 radical (unpaired) electrons. The largest absolute Gasteiger partial charge is 0.489 e. The minimum Gasteiger partial charge on any atom is -0.489 e. The number of benzene rings is 2. The molecule has 0 saturated heterocycles. The van der Waals surface area contributed by atoms with E-state index < -0.39 is 12.0 Å². The standard InChI is InChI=1S/C18H21NO3/c1-19(2)17(18(20)21)12-14-8-10-16(11-9-14)22-13-15-6-4-3-5-7-15/h3-11,17H,12-13H2,1-2H3,(H,20,21). The number of ether oxygens (including phenoxy) is 1. The highest BCUT2D eigenvalue weighted by atomic mass is 16.5. The summed E-state index contributed by atoms with van der Waals surface area (Å²) in [6.45, 7) is 0.523. The number of aliphatic carboxylic acids is 1. The van der Waals surface area contributed by atoms with Gasteiger partial charge >= 0.3 is 5.97 Å². The molecule has 22 heavy (non-hydrogen) atoms. The fraction of sp³-hybridized carbons (Fsp3) is 0.278. The van der Waals surface area contributed by atoms with E-state index >= 15 is 0 Å². The van der Waals surface area contributed by atoms with Crippen molar-refractivity contribution in [2.45, 2.75) is 19.1 Å². The molecule has 0 amide bonds. The van der Waals surface area contributed by atoms with Crippen LogP contribution in [0.5, 0.6) is 5.75 Å². The number of carbonyl (C=O) groups is 1. The molecule has 1 atom stereocenters. The van der Waals surface area contributed by atoms with Crippen LogP contribution in [0.1, 0.15) is 11.1 Å². The van der Waals surface area contributed by atoms with Gasteiger partial charge in [0.25, 0.3) is 0 Å². The molecule has 2 aromatic carbocycles. The summed E-state index contributed by atoms with van der Waals surface area (Å²) >= 11 is 0. The number of likely N-dealkylation sites (N-methyl/N-ethyl adjacent to an activating group) is 1. The lowest BCUT2D eigenvalue weighted by Gasteiger charge is -2.20. The Kier molecular flexibility index (Phi) is 5.55. The van der Waals surface area contributed by atoms with Crippen LogP contribution in [0, 0.1) is 0 Å². The summed E-state index contributed by atoms with van der Waals surface area (Å²) in [4.78, 5) is 12.9. The van der Waals surface area contributed by atoms with Crippen molar-refractivity contribution in [3.63, 3.8) is 0 Å². The third-order valence-corrected chi connectivity index (χ3v) is 3.51. The Bertz CT molecular complexity index is 593. The van der Waals surface area contributed by atoms with Crippen molar-refractivity contribution in [3.05, 3.63) is 65.7 Å². The molecule has 4 nitrogen and oxygen atoms in total. The second-order valence-corrected chi connectivity index (χ2v) is 5.44. The molecular weight excluding hydrogens is 278 g/mol. The fourth-order valence-electron chi connectivity index (χ4n) is 2.18. The van der Waals surface area contributed by atoms with Crippen molar-refractivity contribution >= 4 is 5.97 Å². The molecule has 116 valence electrons. The molecule has 0 heterocycles. The van der Waals surface area contributed by atoms with Crippen LogP contribution in [0.3, 0.4) is 0 Å². The van der Waals surface area contributed by atoms with Crippen molar-refractivity contribution in [1.29, 1.82) is 0 Å². The van der Waals surface area contributed by atoms with Crippen LogP contribution in [0.4, 0.5) is 0 Å². The van der Waals surface area contributed by atoms with E-state index in [9.17, 15) is 9.90 Å². The van der Waals surface area contributed by atoms with E-state index in [2.05, 4.69) is 0 Å². The lowest BCUT2D eigenvalue weighted by Crippen LogP contribution is -2.37. The van der Waals surface area contributed by atoms with Crippen LogP contribution in [-0.2, 0) is 17.8 Å². The number of carboxylic acid groups (broad SMARTS) is 1. The second kappa shape index (κ2) is 7.61. The highest BCUT2D eigenvalue weighted by Gasteiger charge is 2.19. The SMILES string of the molecule is CN(C)C(Cc1ccc(OCc2ccccc2)cc1)C(=O)O. The van der Waals surface area contributed by atoms with E-state index in [-0.39, 0.29) is 0 Å². The Balaban J connectivity index is 1.94. The average Bonchev–Trinajstić information content (AvgIpc) is 2.52. The summed E-state index contributed by atoms with van der Waals surface area (Å²) in [5.74, 6) is -0.0289. The maximum absolute atomic E-state index is 11.2. The summed E-state index contributed by atoms with van der Waals surface area (Å²) < 4.78 is 5.72. The molecule has 0 aromatic heterocycles. The lowest BCUT2D eigenvalue weighted by molar-refractivity contribution is -0.142. The molecule has 2 aromatic rings. The third-order valence-electron chi connectivity index (χ3n) is 3.51. The molecule has 0 aliphatic carbocycles. The average molecular weight is 299 g/mol. The highest BCUT2D eigenvalue weighted by Crippen LogP contribution is 2.16. The van der Waals surface area contributed by atoms with E-state index in [1.165, 1.54) is 0 Å². The number of carboxylic acids is 1. The summed E-state index contributed by atoms with van der Waals surface area (Å²) in [6, 6.07) is 17.0. The van der Waals surface area contributed by atoms with Gasteiger partial charge < -0.3 is 9.84 Å². The van der Waals surface area contributed by atoms with Gasteiger partial charge in [0.2, 0.25) is 0 Å². The monoisotopic (exact) mass is 299 g/mol. The molecule has 0 aliphatic heterocycles. The fourth-order valence-corrected chi connectivity index (χ4v) is 2.18. The van der Waals surface area contributed by atoms with Gasteiger partial charge in [-0.1, -0.05) is 42.5 Å². The summed E-state index contributed by atoms with van der Waals surface area (Å²) in [7, 11) is 3.55. The molecule has 0 spiro atoms. The van der Waals surface area contributed by atoms with Gasteiger partial charge in [0, 0.05) is 0 Å². The first-order valence-corrected chi connectivity index (χ1v) is 7.21. The predicted molar refractivity (Wildman–Crippen MR) is 86.0 cm³/mol. The lowest BCUT2D eigenvalue weighted by atomic mass is 10.1. The Morgan fingerprint density at radius 1 is 1.05 bits per heavy atom. The first-order chi connectivity index (χ1) is 10.6. The highest BCUT2D eigenvalue weighted by molar-refractivity contribution is 5.73. The first kappa shape index (κ1) is 16.0. The summed E-state index contributed by atoms with van der Waals surface area (Å²) in [5.41, 5.74) is 2.10. The molecule has 1 N–H and O–H groups in total.